The van der Waals surface area contributed by atoms with Crippen molar-refractivity contribution < 1.29 is 19.1 Å². The van der Waals surface area contributed by atoms with Crippen LogP contribution >= 0.6 is 0 Å². The maximum atomic E-state index is 11.6. The lowest BCUT2D eigenvalue weighted by Gasteiger charge is -1.97. The molecule has 0 saturated carbocycles. The summed E-state index contributed by atoms with van der Waals surface area (Å²) < 4.78 is 4.88. The molecular formula is C9H8N4O4. The molecule has 8 heteroatoms. The van der Waals surface area contributed by atoms with Gasteiger partial charge in [0, 0.05) is 6.07 Å². The SMILES string of the molecule is Cc1ncoc1C(=O)Nc1cc(C(=O)O)[nH]n1. The van der Waals surface area contributed by atoms with Crippen LogP contribution in [0.25, 0.3) is 0 Å². The number of nitrogens with zero attached hydrogens (tertiary/aromatic N) is 2. The van der Waals surface area contributed by atoms with Crippen molar-refractivity contribution in [2.75, 3.05) is 5.32 Å². The molecule has 0 spiro atoms. The monoisotopic (exact) mass is 236 g/mol. The summed E-state index contributed by atoms with van der Waals surface area (Å²) >= 11 is 0. The Labute approximate surface area is 94.7 Å². The van der Waals surface area contributed by atoms with Gasteiger partial charge in [-0.15, -0.1) is 0 Å². The number of hydrogen-bond donors (Lipinski definition) is 3. The van der Waals surface area contributed by atoms with Gasteiger partial charge < -0.3 is 14.8 Å². The van der Waals surface area contributed by atoms with Crippen molar-refractivity contribution >= 4 is 17.7 Å². The summed E-state index contributed by atoms with van der Waals surface area (Å²) in [4.78, 5) is 26.0. The van der Waals surface area contributed by atoms with E-state index in [1.165, 1.54) is 6.07 Å². The van der Waals surface area contributed by atoms with Gasteiger partial charge in [-0.3, -0.25) is 9.89 Å². The number of rotatable bonds is 3. The first-order chi connectivity index (χ1) is 8.08. The van der Waals surface area contributed by atoms with E-state index >= 15 is 0 Å². The summed E-state index contributed by atoms with van der Waals surface area (Å²) in [5.74, 6) is -1.54. The summed E-state index contributed by atoms with van der Waals surface area (Å²) in [6.07, 6.45) is 1.15. The molecule has 2 aromatic heterocycles. The molecule has 2 rings (SSSR count). The number of aryl methyl sites for hydroxylation is 1. The molecule has 2 heterocycles. The largest absolute Gasteiger partial charge is 0.477 e. The highest BCUT2D eigenvalue weighted by Gasteiger charge is 2.16. The third-order valence-electron chi connectivity index (χ3n) is 2.00. The Balaban J connectivity index is 2.13. The lowest BCUT2D eigenvalue weighted by molar-refractivity contribution is 0.0690. The normalized spacial score (nSPS) is 10.2. The smallest absolute Gasteiger partial charge is 0.353 e. The second-order valence-corrected chi connectivity index (χ2v) is 3.19. The van der Waals surface area contributed by atoms with Crippen molar-refractivity contribution in [1.29, 1.82) is 0 Å². The van der Waals surface area contributed by atoms with Crippen molar-refractivity contribution in [3.05, 3.63) is 29.6 Å². The van der Waals surface area contributed by atoms with Gasteiger partial charge in [0.2, 0.25) is 5.76 Å². The van der Waals surface area contributed by atoms with Crippen molar-refractivity contribution in [2.24, 2.45) is 0 Å². The molecule has 0 unspecified atom stereocenters. The van der Waals surface area contributed by atoms with Gasteiger partial charge in [-0.2, -0.15) is 5.10 Å². The van der Waals surface area contributed by atoms with Gasteiger partial charge in [0.15, 0.2) is 12.2 Å². The molecule has 88 valence electrons. The molecule has 0 bridgehead atoms. The number of carboxylic acid groups (broad SMARTS) is 1. The average molecular weight is 236 g/mol. The van der Waals surface area contributed by atoms with E-state index in [-0.39, 0.29) is 17.3 Å². The minimum Gasteiger partial charge on any atom is -0.477 e. The lowest BCUT2D eigenvalue weighted by atomic mass is 10.3. The van der Waals surface area contributed by atoms with Crippen LogP contribution < -0.4 is 5.32 Å². The van der Waals surface area contributed by atoms with E-state index in [1.54, 1.807) is 6.92 Å². The highest BCUT2D eigenvalue weighted by Crippen LogP contribution is 2.10. The van der Waals surface area contributed by atoms with Crippen molar-refractivity contribution in [2.45, 2.75) is 6.92 Å². The number of carboxylic acids is 1. The van der Waals surface area contributed by atoms with Gasteiger partial charge in [-0.1, -0.05) is 0 Å². The third-order valence-corrected chi connectivity index (χ3v) is 2.00. The van der Waals surface area contributed by atoms with Crippen LogP contribution in [-0.2, 0) is 0 Å². The maximum Gasteiger partial charge on any atom is 0.353 e. The fourth-order valence-electron chi connectivity index (χ4n) is 1.19. The number of carbonyl (C=O) groups excluding carboxylic acids is 1. The van der Waals surface area contributed by atoms with Gasteiger partial charge in [0.05, 0.1) is 5.69 Å². The zero-order chi connectivity index (χ0) is 12.4. The quantitative estimate of drug-likeness (QED) is 0.719. The standard InChI is InChI=1S/C9H8N4O4/c1-4-7(17-3-10-4)8(14)11-6-2-5(9(15)16)12-13-6/h2-3H,1H3,(H,15,16)(H2,11,12,13,14). The predicted octanol–water partition coefficient (Wildman–Crippen LogP) is 0.657. The molecule has 0 fully saturated rings. The second kappa shape index (κ2) is 4.08. The van der Waals surface area contributed by atoms with Crippen LogP contribution in [0.2, 0.25) is 0 Å². The molecule has 0 radical (unpaired) electrons. The van der Waals surface area contributed by atoms with Crippen LogP contribution in [-0.4, -0.2) is 32.2 Å². The Bertz CT molecular complexity index is 571. The number of amides is 1. The van der Waals surface area contributed by atoms with E-state index < -0.39 is 11.9 Å². The molecule has 0 saturated heterocycles. The molecule has 0 atom stereocenters. The number of carbonyl (C=O) groups is 2. The minimum atomic E-state index is -1.16. The second-order valence-electron chi connectivity index (χ2n) is 3.19. The summed E-state index contributed by atoms with van der Waals surface area (Å²) in [5, 5.41) is 16.9. The Hall–Kier alpha value is -2.64. The average Bonchev–Trinajstić information content (AvgIpc) is 2.86. The van der Waals surface area contributed by atoms with Gasteiger partial charge in [-0.05, 0) is 6.92 Å². The van der Waals surface area contributed by atoms with E-state index in [2.05, 4.69) is 20.5 Å². The molecular weight excluding hydrogens is 228 g/mol. The zero-order valence-electron chi connectivity index (χ0n) is 8.72. The zero-order valence-corrected chi connectivity index (χ0v) is 8.72. The highest BCUT2D eigenvalue weighted by atomic mass is 16.4. The number of anilines is 1. The third kappa shape index (κ3) is 2.14. The van der Waals surface area contributed by atoms with Crippen LogP contribution in [0, 0.1) is 6.92 Å². The Morgan fingerprint density at radius 2 is 2.29 bits per heavy atom. The number of aromatic amines is 1. The molecule has 2 aromatic rings. The lowest BCUT2D eigenvalue weighted by Crippen LogP contribution is -2.12. The highest BCUT2D eigenvalue weighted by molar-refractivity contribution is 6.02. The van der Waals surface area contributed by atoms with E-state index in [1.807, 2.05) is 0 Å². The fraction of sp³-hybridized carbons (Fsp3) is 0.111. The molecule has 0 aliphatic heterocycles. The first-order valence-corrected chi connectivity index (χ1v) is 4.58. The van der Waals surface area contributed by atoms with Gasteiger partial charge >= 0.3 is 5.97 Å². The van der Waals surface area contributed by atoms with Gasteiger partial charge in [-0.25, -0.2) is 9.78 Å². The molecule has 0 aliphatic rings. The van der Waals surface area contributed by atoms with Crippen LogP contribution in [0.4, 0.5) is 5.82 Å². The molecule has 8 nitrogen and oxygen atoms in total. The van der Waals surface area contributed by atoms with E-state index in [9.17, 15) is 9.59 Å². The van der Waals surface area contributed by atoms with E-state index in [0.29, 0.717) is 5.69 Å². The number of oxazole rings is 1. The van der Waals surface area contributed by atoms with Crippen LogP contribution in [0.3, 0.4) is 0 Å². The fourth-order valence-corrected chi connectivity index (χ4v) is 1.19. The van der Waals surface area contributed by atoms with Crippen LogP contribution in [0.1, 0.15) is 26.7 Å². The van der Waals surface area contributed by atoms with Gasteiger partial charge in [0.1, 0.15) is 5.69 Å². The number of aromatic carboxylic acids is 1. The predicted molar refractivity (Wildman–Crippen MR) is 54.7 cm³/mol. The van der Waals surface area contributed by atoms with Crippen LogP contribution in [0.5, 0.6) is 0 Å². The summed E-state index contributed by atoms with van der Waals surface area (Å²) in [7, 11) is 0. The van der Waals surface area contributed by atoms with Crippen molar-refractivity contribution in [3.8, 4) is 0 Å². The first-order valence-electron chi connectivity index (χ1n) is 4.58. The van der Waals surface area contributed by atoms with Crippen molar-refractivity contribution in [1.82, 2.24) is 15.2 Å². The number of hydrogen-bond acceptors (Lipinski definition) is 5. The van der Waals surface area contributed by atoms with E-state index in [4.69, 9.17) is 9.52 Å². The summed E-state index contributed by atoms with van der Waals surface area (Å²) in [6.45, 7) is 1.62. The molecule has 0 aliphatic carbocycles. The minimum absolute atomic E-state index is 0.0601. The van der Waals surface area contributed by atoms with Gasteiger partial charge in [0.25, 0.3) is 5.91 Å². The molecule has 0 aromatic carbocycles. The topological polar surface area (TPSA) is 121 Å². The molecule has 3 N–H and O–H groups in total. The first kappa shape index (κ1) is 10.9. The Kier molecular flexibility index (Phi) is 2.61. The Morgan fingerprint density at radius 1 is 1.53 bits per heavy atom. The summed E-state index contributed by atoms with van der Waals surface area (Å²) in [6, 6.07) is 1.20. The maximum absolute atomic E-state index is 11.6. The Morgan fingerprint density at radius 3 is 2.82 bits per heavy atom. The van der Waals surface area contributed by atoms with Crippen molar-refractivity contribution in [3.63, 3.8) is 0 Å². The molecule has 1 amide bonds. The number of nitrogens with one attached hydrogen (secondary N) is 2. The van der Waals surface area contributed by atoms with Crippen LogP contribution in [0.15, 0.2) is 16.9 Å². The van der Waals surface area contributed by atoms with E-state index in [0.717, 1.165) is 6.39 Å². The molecule has 17 heavy (non-hydrogen) atoms. The summed E-state index contributed by atoms with van der Waals surface area (Å²) in [5.41, 5.74) is 0.325. The number of H-pyrrole nitrogens is 1. The number of aromatic nitrogens is 3.